The highest BCUT2D eigenvalue weighted by Crippen LogP contribution is 2.44. The van der Waals surface area contributed by atoms with Gasteiger partial charge in [-0.3, -0.25) is 4.79 Å². The molecule has 0 aliphatic carbocycles. The number of aromatic nitrogens is 15. The minimum absolute atomic E-state index is 0.0386. The number of piperazine rings is 1. The molecule has 0 radical (unpaired) electrons. The van der Waals surface area contributed by atoms with Gasteiger partial charge in [0.25, 0.3) is 0 Å². The third-order valence-corrected chi connectivity index (χ3v) is 25.7. The summed E-state index contributed by atoms with van der Waals surface area (Å²) < 4.78 is 60.2. The maximum Gasteiger partial charge on any atom is 0.486 e. The molecule has 3 aromatic carbocycles. The van der Waals surface area contributed by atoms with Crippen molar-refractivity contribution in [2.24, 2.45) is 11.8 Å². The van der Waals surface area contributed by atoms with Crippen LogP contribution in [0.4, 0.5) is 30.6 Å². The molecule has 4 aliphatic rings. The fourth-order valence-corrected chi connectivity index (χ4v) is 18.1. The third kappa shape index (κ3) is 19.6. The lowest BCUT2D eigenvalue weighted by molar-refractivity contribution is -0.128. The summed E-state index contributed by atoms with van der Waals surface area (Å²) in [6.45, 7) is 55.0. The summed E-state index contributed by atoms with van der Waals surface area (Å²) in [4.78, 5) is 118. The molecule has 12 aromatic rings. The maximum absolute atomic E-state index is 15.0. The van der Waals surface area contributed by atoms with E-state index in [4.69, 9.17) is 70.7 Å². The molecule has 0 bridgehead atoms. The van der Waals surface area contributed by atoms with E-state index < -0.39 is 34.5 Å². The molecule has 25 nitrogen and oxygen atoms in total. The van der Waals surface area contributed by atoms with Crippen LogP contribution in [0.15, 0.2) is 144 Å². The zero-order valence-electron chi connectivity index (χ0n) is 77.3. The van der Waals surface area contributed by atoms with Crippen LogP contribution in [0, 0.1) is 50.1 Å². The summed E-state index contributed by atoms with van der Waals surface area (Å²) in [6.07, 6.45) is 8.60. The van der Waals surface area contributed by atoms with Crippen molar-refractivity contribution in [1.82, 2.24) is 78.4 Å². The predicted octanol–water partition coefficient (Wildman–Crippen LogP) is 21.0. The van der Waals surface area contributed by atoms with Gasteiger partial charge < -0.3 is 28.9 Å². The van der Waals surface area contributed by atoms with Gasteiger partial charge in [-0.05, 0) is 216 Å². The first kappa shape index (κ1) is 97.1. The first-order valence-electron chi connectivity index (χ1n) is 43.9. The molecule has 4 aliphatic heterocycles. The van der Waals surface area contributed by atoms with Crippen LogP contribution in [0.3, 0.4) is 0 Å². The molecule has 0 spiro atoms. The van der Waals surface area contributed by atoms with Gasteiger partial charge in [0.1, 0.15) is 34.9 Å². The van der Waals surface area contributed by atoms with Crippen molar-refractivity contribution in [2.45, 2.75) is 210 Å². The topological polar surface area (TPSA) is 269 Å². The Morgan fingerprint density at radius 3 is 1.08 bits per heavy atom. The Hall–Kier alpha value is -11.5. The molecule has 13 heterocycles. The zero-order chi connectivity index (χ0) is 95.2. The summed E-state index contributed by atoms with van der Waals surface area (Å²) in [5, 5.41) is 2.54. The number of rotatable bonds is 16. The first-order chi connectivity index (χ1) is 62.0. The number of nitrogens with zero attached hydrogens (tertiary/aromatic N) is 19. The number of hydrogen-bond donors (Lipinski definition) is 0. The molecule has 16 rings (SSSR count). The number of amides is 1. The van der Waals surface area contributed by atoms with Crippen molar-refractivity contribution in [1.29, 1.82) is 0 Å². The Balaban J connectivity index is 0.000000158. The molecular formula is C98H109BCl4F3N19O6. The molecule has 0 N–H and O–H groups in total. The van der Waals surface area contributed by atoms with Crippen LogP contribution < -0.4 is 31.8 Å². The van der Waals surface area contributed by atoms with Crippen molar-refractivity contribution in [3.05, 3.63) is 244 Å². The second-order valence-electron chi connectivity index (χ2n) is 35.9. The van der Waals surface area contributed by atoms with Gasteiger partial charge in [-0.25, -0.2) is 86.1 Å². The molecule has 33 heteroatoms. The van der Waals surface area contributed by atoms with Crippen molar-refractivity contribution in [2.75, 3.05) is 40.9 Å². The highest BCUT2D eigenvalue weighted by Gasteiger charge is 2.50. The van der Waals surface area contributed by atoms with E-state index in [9.17, 15) is 28.0 Å². The molecule has 1 amide bonds. The van der Waals surface area contributed by atoms with Crippen molar-refractivity contribution >= 4 is 122 Å². The van der Waals surface area contributed by atoms with Crippen LogP contribution in [0.2, 0.25) is 20.4 Å². The normalized spacial score (nSPS) is 18.3. The van der Waals surface area contributed by atoms with Gasteiger partial charge in [-0.15, -0.1) is 6.58 Å². The number of fused-ring (bicyclic) bond motifs is 3. The van der Waals surface area contributed by atoms with Crippen LogP contribution in [0.1, 0.15) is 200 Å². The third-order valence-electron chi connectivity index (χ3n) is 24.7. The van der Waals surface area contributed by atoms with Gasteiger partial charge in [-0.1, -0.05) is 152 Å². The fraction of sp³-hybridized carbons (Fsp3) is 0.388. The zero-order valence-corrected chi connectivity index (χ0v) is 80.3. The Morgan fingerprint density at radius 2 is 0.771 bits per heavy atom. The van der Waals surface area contributed by atoms with E-state index in [2.05, 4.69) is 109 Å². The number of piperidine rings is 2. The van der Waals surface area contributed by atoms with Crippen LogP contribution in [0.25, 0.3) is 96.1 Å². The number of benzene rings is 3. The van der Waals surface area contributed by atoms with E-state index in [0.29, 0.717) is 133 Å². The van der Waals surface area contributed by atoms with Gasteiger partial charge in [0.05, 0.1) is 111 Å². The van der Waals surface area contributed by atoms with Crippen molar-refractivity contribution in [3.63, 3.8) is 0 Å². The molecule has 4 saturated heterocycles. The SMILES string of the molecule is C=CB1OC(C)(C)C(C)(C)O1.C=CC(=O)N1C[C@H](C)N(c2nc(=O)n(-c3c(C)nc(C=C)nc3C(C)C)c3nc(-c4ccccc4F)c(Cl)cc23)C[C@H]1C.C=Cc1nc(C)c(-n2c(=O)nc(N3C[C@@H](C)CC[C@@H]3C)c3cc(Cl)c(-c4ccccc4F)nc32)c(C(C)C)n1.Cc1nc(Cl)nc(C(C)C)c1-n1c(=O)nc(N2C[C@@H](C)CC[C@@H]2C)c2cc(Cl)c(-c3ccccc3F)nc21. The second kappa shape index (κ2) is 39.5. The summed E-state index contributed by atoms with van der Waals surface area (Å²) >= 11 is 26.5. The number of carbonyl (C=O) groups is 1. The lowest BCUT2D eigenvalue weighted by Crippen LogP contribution is -2.58. The van der Waals surface area contributed by atoms with E-state index in [-0.39, 0.29) is 126 Å². The summed E-state index contributed by atoms with van der Waals surface area (Å²) in [7, 11) is -0.250. The fourth-order valence-electron chi connectivity index (χ4n) is 17.1. The monoisotopic (exact) mass is 1860 g/mol. The number of halogens is 7. The average Bonchev–Trinajstić information content (AvgIpc) is 1.62. The van der Waals surface area contributed by atoms with E-state index >= 15 is 4.39 Å². The van der Waals surface area contributed by atoms with Crippen molar-refractivity contribution < 1.29 is 27.3 Å². The Kier molecular flexibility index (Phi) is 29.3. The molecule has 9 aromatic heterocycles. The lowest BCUT2D eigenvalue weighted by Gasteiger charge is -2.44. The second-order valence-corrected chi connectivity index (χ2v) is 37.5. The van der Waals surface area contributed by atoms with Gasteiger partial charge in [0.15, 0.2) is 28.6 Å². The van der Waals surface area contributed by atoms with Crippen LogP contribution in [0.5, 0.6) is 0 Å². The average molecular weight is 1860 g/mol. The van der Waals surface area contributed by atoms with Crippen LogP contribution in [-0.2, 0) is 14.1 Å². The van der Waals surface area contributed by atoms with Gasteiger partial charge in [-0.2, -0.15) is 15.0 Å². The number of carbonyl (C=O) groups excluding carboxylic acids is 1. The quantitative estimate of drug-likeness (QED) is 0.0494. The van der Waals surface area contributed by atoms with Gasteiger partial charge in [0, 0.05) is 67.0 Å². The van der Waals surface area contributed by atoms with E-state index in [1.54, 1.807) is 110 Å². The minimum Gasteiger partial charge on any atom is -0.400 e. The Labute approximate surface area is 781 Å². The minimum atomic E-state index is -0.596. The Bertz CT molecular complexity index is 6670. The molecule has 131 heavy (non-hydrogen) atoms. The molecule has 0 unspecified atom stereocenters. The lowest BCUT2D eigenvalue weighted by atomic mass is 9.90. The molecule has 4 fully saturated rings. The summed E-state index contributed by atoms with van der Waals surface area (Å²) in [5.74, 6) is 3.12. The number of pyridine rings is 3. The summed E-state index contributed by atoms with van der Waals surface area (Å²) in [6, 6.07) is 24.0. The maximum atomic E-state index is 15.0. The van der Waals surface area contributed by atoms with Crippen molar-refractivity contribution in [3.8, 4) is 50.8 Å². The van der Waals surface area contributed by atoms with E-state index in [1.807, 2.05) is 94.9 Å². The number of anilines is 3. The molecule has 0 saturated carbocycles. The first-order valence-corrected chi connectivity index (χ1v) is 45.5. The van der Waals surface area contributed by atoms with Gasteiger partial charge in [0.2, 0.25) is 11.2 Å². The van der Waals surface area contributed by atoms with E-state index in [1.165, 1.54) is 38.0 Å². The molecular weight excluding hydrogens is 1750 g/mol. The predicted molar refractivity (Wildman–Crippen MR) is 520 cm³/mol. The highest BCUT2D eigenvalue weighted by atomic mass is 35.5. The van der Waals surface area contributed by atoms with Crippen LogP contribution in [-0.4, -0.2) is 153 Å². The standard InChI is InChI=1S/C32H33ClFN7O2.C30H32ClFN6O.C28H29Cl2FN6O.C8H15BO2/c1-8-25-35-20(7)29(27(36-25)17(3)4)41-31-22(14-23(33)28(37-31)21-12-10-11-13-24(21)34)30(38-32(41)43)40-16-18(5)39(15-19(40)6)26(42)9-2;1-7-24-33-19(6)27(25(34-24)16(2)3)38-29-21(14-22(31)26(35-29)20-10-8-9-11-23(20)32)28(36-30(38)39)37-15-17(4)12-13-18(37)5;1-14(2)22-24(17(5)32-27(30)34-22)37-26-19(12-20(29)23(33-26)18-8-6-7-9-21(18)31)25(35-28(37)38)36-13-15(3)10-11-16(36)4;1-6-9-10-7(2,3)8(4,5)11-9/h8-14,17-19H,1-2,15-16H2,3-7H3;7-11,14,16-18H,1,12-13,15H2,2-6H3;6-9,12,14-16H,10-11,13H2,1-5H3;6H,1H2,2-5H3/t18-,19+;17-,18-;15-,16-;/m100./s1. The summed E-state index contributed by atoms with van der Waals surface area (Å²) in [5.41, 5.74) is 5.09. The largest absolute Gasteiger partial charge is 0.486 e. The Morgan fingerprint density at radius 1 is 0.443 bits per heavy atom. The van der Waals surface area contributed by atoms with E-state index in [0.717, 1.165) is 38.8 Å². The van der Waals surface area contributed by atoms with Gasteiger partial charge >= 0.3 is 24.2 Å². The smallest absolute Gasteiger partial charge is 0.400 e. The number of hydrogen-bond acceptors (Lipinski definition) is 21. The highest BCUT2D eigenvalue weighted by molar-refractivity contribution is 6.51. The van der Waals surface area contributed by atoms with Crippen LogP contribution >= 0.6 is 46.4 Å². The molecule has 6 atom stereocenters. The number of aryl methyl sites for hydroxylation is 3. The molecule has 684 valence electrons.